The fourth-order valence-corrected chi connectivity index (χ4v) is 3.54. The highest BCUT2D eigenvalue weighted by molar-refractivity contribution is 6.35. The Bertz CT molecular complexity index is 682. The predicted octanol–water partition coefficient (Wildman–Crippen LogP) is 3.66. The molecule has 1 saturated carbocycles. The van der Waals surface area contributed by atoms with Crippen LogP contribution in [0.2, 0.25) is 0 Å². The maximum Gasteiger partial charge on any atom is 0.296 e. The first-order chi connectivity index (χ1) is 11.0. The van der Waals surface area contributed by atoms with Crippen molar-refractivity contribution in [3.63, 3.8) is 0 Å². The summed E-state index contributed by atoms with van der Waals surface area (Å²) in [4.78, 5) is 26.6. The highest BCUT2D eigenvalue weighted by Crippen LogP contribution is 2.33. The zero-order valence-corrected chi connectivity index (χ0v) is 13.8. The molecule has 1 heterocycles. The van der Waals surface area contributed by atoms with Crippen LogP contribution in [0.15, 0.2) is 24.0 Å². The minimum Gasteiger partial charge on any atom is -0.502 e. The van der Waals surface area contributed by atoms with Crippen LogP contribution in [0.1, 0.15) is 55.2 Å². The number of aliphatic hydroxyl groups is 1. The molecule has 1 N–H and O–H groups in total. The normalized spacial score (nSPS) is 20.3. The van der Waals surface area contributed by atoms with Crippen LogP contribution in [-0.2, 0) is 9.59 Å². The second kappa shape index (κ2) is 6.19. The van der Waals surface area contributed by atoms with Gasteiger partial charge in [-0.3, -0.25) is 14.5 Å². The van der Waals surface area contributed by atoms with Crippen molar-refractivity contribution >= 4 is 17.4 Å². The molecule has 0 bridgehead atoms. The molecule has 122 valence electrons. The third-order valence-corrected chi connectivity index (χ3v) is 5.08. The largest absolute Gasteiger partial charge is 0.502 e. The fourth-order valence-electron chi connectivity index (χ4n) is 3.54. The van der Waals surface area contributed by atoms with E-state index in [1.54, 1.807) is 6.07 Å². The summed E-state index contributed by atoms with van der Waals surface area (Å²) in [6, 6.07) is 5.50. The number of rotatable bonds is 2. The van der Waals surface area contributed by atoms with Gasteiger partial charge in [0.1, 0.15) is 0 Å². The summed E-state index contributed by atoms with van der Waals surface area (Å²) in [7, 11) is 0. The number of benzene rings is 1. The Morgan fingerprint density at radius 3 is 2.22 bits per heavy atom. The lowest BCUT2D eigenvalue weighted by atomic mass is 10.00. The molecule has 0 aromatic heterocycles. The summed E-state index contributed by atoms with van der Waals surface area (Å²) in [6.07, 6.45) is 6.03. The van der Waals surface area contributed by atoms with E-state index in [0.717, 1.165) is 49.7 Å². The number of carbonyl (C=O) groups is 2. The van der Waals surface area contributed by atoms with Gasteiger partial charge in [0.05, 0.1) is 5.57 Å². The quantitative estimate of drug-likeness (QED) is 0.669. The molecule has 0 unspecified atom stereocenters. The van der Waals surface area contributed by atoms with Crippen LogP contribution in [0.5, 0.6) is 0 Å². The van der Waals surface area contributed by atoms with Gasteiger partial charge in [0.2, 0.25) is 0 Å². The summed E-state index contributed by atoms with van der Waals surface area (Å²) >= 11 is 0. The predicted molar refractivity (Wildman–Crippen MR) is 88.8 cm³/mol. The number of aliphatic hydroxyl groups excluding tert-OH is 1. The molecule has 2 amide bonds. The molecule has 1 aromatic carbocycles. The Hall–Kier alpha value is -2.10. The molecular formula is C19H23NO3. The van der Waals surface area contributed by atoms with Gasteiger partial charge in [0.15, 0.2) is 5.76 Å². The van der Waals surface area contributed by atoms with E-state index in [9.17, 15) is 14.7 Å². The summed E-state index contributed by atoms with van der Waals surface area (Å²) in [5.41, 5.74) is 2.93. The van der Waals surface area contributed by atoms with Crippen molar-refractivity contribution in [3.05, 3.63) is 40.6 Å². The molecule has 0 spiro atoms. The van der Waals surface area contributed by atoms with E-state index in [0.29, 0.717) is 5.56 Å². The summed E-state index contributed by atoms with van der Waals surface area (Å²) in [6.45, 7) is 3.95. The molecular weight excluding hydrogens is 290 g/mol. The number of hydrogen-bond donors (Lipinski definition) is 1. The van der Waals surface area contributed by atoms with Crippen LogP contribution in [0.4, 0.5) is 0 Å². The SMILES string of the molecule is Cc1ccc(C2=C(O)C(=O)N(C3CCCCCC3)C2=O)cc1C. The molecule has 2 aliphatic rings. The number of aryl methyl sites for hydroxylation is 2. The lowest BCUT2D eigenvalue weighted by Crippen LogP contribution is -2.40. The van der Waals surface area contributed by atoms with Crippen molar-refractivity contribution in [2.75, 3.05) is 0 Å². The summed E-state index contributed by atoms with van der Waals surface area (Å²) < 4.78 is 0. The van der Waals surface area contributed by atoms with Gasteiger partial charge < -0.3 is 5.11 Å². The number of amides is 2. The zero-order valence-electron chi connectivity index (χ0n) is 13.8. The Morgan fingerprint density at radius 2 is 1.61 bits per heavy atom. The number of imide groups is 1. The van der Waals surface area contributed by atoms with Crippen molar-refractivity contribution in [2.45, 2.75) is 58.4 Å². The lowest BCUT2D eigenvalue weighted by Gasteiger charge is -2.25. The Morgan fingerprint density at radius 1 is 0.957 bits per heavy atom. The molecule has 1 aromatic rings. The molecule has 23 heavy (non-hydrogen) atoms. The fraction of sp³-hybridized carbons (Fsp3) is 0.474. The summed E-state index contributed by atoms with van der Waals surface area (Å²) in [5, 5.41) is 10.3. The maximum atomic E-state index is 12.8. The Balaban J connectivity index is 1.94. The molecule has 1 fully saturated rings. The van der Waals surface area contributed by atoms with Crippen LogP contribution >= 0.6 is 0 Å². The smallest absolute Gasteiger partial charge is 0.296 e. The average molecular weight is 313 g/mol. The number of hydrogen-bond acceptors (Lipinski definition) is 3. The third kappa shape index (κ3) is 2.78. The van der Waals surface area contributed by atoms with Gasteiger partial charge in [-0.2, -0.15) is 0 Å². The number of nitrogens with zero attached hydrogens (tertiary/aromatic N) is 1. The van der Waals surface area contributed by atoms with Crippen molar-refractivity contribution in [3.8, 4) is 0 Å². The molecule has 4 nitrogen and oxygen atoms in total. The number of carbonyl (C=O) groups excluding carboxylic acids is 2. The average Bonchev–Trinajstić information content (AvgIpc) is 2.72. The molecule has 0 radical (unpaired) electrons. The van der Waals surface area contributed by atoms with Crippen LogP contribution < -0.4 is 0 Å². The molecule has 3 rings (SSSR count). The van der Waals surface area contributed by atoms with E-state index in [1.165, 1.54) is 4.90 Å². The van der Waals surface area contributed by atoms with Gasteiger partial charge in [0.25, 0.3) is 11.8 Å². The van der Waals surface area contributed by atoms with E-state index in [-0.39, 0.29) is 17.5 Å². The topological polar surface area (TPSA) is 57.6 Å². The van der Waals surface area contributed by atoms with Crippen molar-refractivity contribution in [1.29, 1.82) is 0 Å². The maximum absolute atomic E-state index is 12.8. The van der Waals surface area contributed by atoms with Gasteiger partial charge >= 0.3 is 0 Å². The second-order valence-corrected chi connectivity index (χ2v) is 6.65. The molecule has 0 atom stereocenters. The lowest BCUT2D eigenvalue weighted by molar-refractivity contribution is -0.141. The molecule has 0 saturated heterocycles. The van der Waals surface area contributed by atoms with Gasteiger partial charge in [-0.1, -0.05) is 43.9 Å². The minimum atomic E-state index is -0.532. The van der Waals surface area contributed by atoms with Crippen molar-refractivity contribution in [2.24, 2.45) is 0 Å². The first-order valence-electron chi connectivity index (χ1n) is 8.39. The monoisotopic (exact) mass is 313 g/mol. The highest BCUT2D eigenvalue weighted by atomic mass is 16.3. The second-order valence-electron chi connectivity index (χ2n) is 6.65. The Kier molecular flexibility index (Phi) is 4.24. The van der Waals surface area contributed by atoms with Gasteiger partial charge in [0, 0.05) is 6.04 Å². The van der Waals surface area contributed by atoms with Crippen LogP contribution in [0, 0.1) is 13.8 Å². The Labute approximate surface area is 136 Å². The van der Waals surface area contributed by atoms with Gasteiger partial charge in [-0.05, 0) is 43.4 Å². The first kappa shape index (κ1) is 15.8. The van der Waals surface area contributed by atoms with E-state index < -0.39 is 11.7 Å². The third-order valence-electron chi connectivity index (χ3n) is 5.08. The van der Waals surface area contributed by atoms with Gasteiger partial charge in [-0.15, -0.1) is 0 Å². The van der Waals surface area contributed by atoms with E-state index in [2.05, 4.69) is 0 Å². The standard InChI is InChI=1S/C19H23NO3/c1-12-9-10-14(11-13(12)2)16-17(21)19(23)20(18(16)22)15-7-5-3-4-6-8-15/h9-11,15,21H,3-8H2,1-2H3. The molecule has 4 heteroatoms. The zero-order chi connectivity index (χ0) is 16.6. The van der Waals surface area contributed by atoms with Crippen LogP contribution in [0.3, 0.4) is 0 Å². The van der Waals surface area contributed by atoms with Gasteiger partial charge in [-0.25, -0.2) is 0 Å². The molecule has 1 aliphatic heterocycles. The van der Waals surface area contributed by atoms with Crippen LogP contribution in [-0.4, -0.2) is 27.9 Å². The first-order valence-corrected chi connectivity index (χ1v) is 8.39. The van der Waals surface area contributed by atoms with E-state index >= 15 is 0 Å². The van der Waals surface area contributed by atoms with Crippen molar-refractivity contribution < 1.29 is 14.7 Å². The molecule has 1 aliphatic carbocycles. The van der Waals surface area contributed by atoms with E-state index in [4.69, 9.17) is 0 Å². The highest BCUT2D eigenvalue weighted by Gasteiger charge is 2.42. The minimum absolute atomic E-state index is 0.0799. The van der Waals surface area contributed by atoms with Crippen LogP contribution in [0.25, 0.3) is 5.57 Å². The van der Waals surface area contributed by atoms with E-state index in [1.807, 2.05) is 26.0 Å². The summed E-state index contributed by atoms with van der Waals surface area (Å²) in [5.74, 6) is -1.28. The van der Waals surface area contributed by atoms with Crippen molar-refractivity contribution in [1.82, 2.24) is 4.90 Å².